The molecule has 0 saturated heterocycles. The molecule has 0 aliphatic carbocycles. The van der Waals surface area contributed by atoms with Crippen molar-refractivity contribution in [2.75, 3.05) is 7.11 Å². The van der Waals surface area contributed by atoms with Gasteiger partial charge < -0.3 is 14.6 Å². The van der Waals surface area contributed by atoms with Gasteiger partial charge in [0.2, 0.25) is 5.88 Å². The maximum Gasteiger partial charge on any atom is 0.219 e. The molecule has 0 amide bonds. The fourth-order valence-corrected chi connectivity index (χ4v) is 1.73. The second kappa shape index (κ2) is 6.20. The Morgan fingerprint density at radius 2 is 1.95 bits per heavy atom. The second-order valence-corrected chi connectivity index (χ2v) is 4.10. The number of nitrogens with zero attached hydrogens (tertiary/aromatic N) is 1. The van der Waals surface area contributed by atoms with Crippen molar-refractivity contribution in [3.05, 3.63) is 47.7 Å². The fraction of sp³-hybridized carbons (Fsp3) is 0.267. The summed E-state index contributed by atoms with van der Waals surface area (Å²) in [6.45, 7) is 1.99. The number of ether oxygens (including phenoxy) is 2. The molecule has 0 saturated carbocycles. The highest BCUT2D eigenvalue weighted by atomic mass is 16.5. The van der Waals surface area contributed by atoms with E-state index in [-0.39, 0.29) is 6.61 Å². The third-order valence-electron chi connectivity index (χ3n) is 2.72. The molecule has 1 heterocycles. The Morgan fingerprint density at radius 3 is 2.63 bits per heavy atom. The van der Waals surface area contributed by atoms with Gasteiger partial charge in [0, 0.05) is 17.8 Å². The van der Waals surface area contributed by atoms with Crippen LogP contribution in [0.25, 0.3) is 0 Å². The van der Waals surface area contributed by atoms with Crippen LogP contribution in [0.15, 0.2) is 36.4 Å². The van der Waals surface area contributed by atoms with Gasteiger partial charge in [0.15, 0.2) is 0 Å². The molecule has 19 heavy (non-hydrogen) atoms. The molecule has 4 nitrogen and oxygen atoms in total. The first-order valence-electron chi connectivity index (χ1n) is 6.17. The van der Waals surface area contributed by atoms with Crippen molar-refractivity contribution in [3.63, 3.8) is 0 Å². The molecule has 1 aromatic heterocycles. The van der Waals surface area contributed by atoms with Crippen molar-refractivity contribution in [3.8, 4) is 17.4 Å². The summed E-state index contributed by atoms with van der Waals surface area (Å²) >= 11 is 0. The molecule has 0 aliphatic heterocycles. The van der Waals surface area contributed by atoms with Gasteiger partial charge in [-0.3, -0.25) is 0 Å². The van der Waals surface area contributed by atoms with E-state index < -0.39 is 0 Å². The zero-order valence-corrected chi connectivity index (χ0v) is 11.1. The van der Waals surface area contributed by atoms with E-state index in [9.17, 15) is 5.11 Å². The van der Waals surface area contributed by atoms with Crippen LogP contribution < -0.4 is 9.47 Å². The van der Waals surface area contributed by atoms with Crippen LogP contribution in [-0.2, 0) is 13.0 Å². The summed E-state index contributed by atoms with van der Waals surface area (Å²) in [7, 11) is 1.61. The van der Waals surface area contributed by atoms with Crippen LogP contribution >= 0.6 is 0 Å². The van der Waals surface area contributed by atoms with Gasteiger partial charge in [0.1, 0.15) is 11.5 Å². The van der Waals surface area contributed by atoms with Gasteiger partial charge in [-0.05, 0) is 30.2 Å². The molecule has 0 fully saturated rings. The number of pyridine rings is 1. The summed E-state index contributed by atoms with van der Waals surface area (Å²) in [5.74, 6) is 1.87. The average molecular weight is 259 g/mol. The number of aromatic nitrogens is 1. The van der Waals surface area contributed by atoms with Crippen LogP contribution in [0, 0.1) is 0 Å². The summed E-state index contributed by atoms with van der Waals surface area (Å²) in [5, 5.41) is 9.23. The van der Waals surface area contributed by atoms with Crippen LogP contribution in [0.1, 0.15) is 18.2 Å². The van der Waals surface area contributed by atoms with Crippen molar-refractivity contribution in [2.45, 2.75) is 20.0 Å². The zero-order valence-electron chi connectivity index (χ0n) is 11.1. The van der Waals surface area contributed by atoms with E-state index in [2.05, 4.69) is 4.98 Å². The lowest BCUT2D eigenvalue weighted by Crippen LogP contribution is -1.96. The summed E-state index contributed by atoms with van der Waals surface area (Å²) in [4.78, 5) is 4.38. The number of methoxy groups -OCH3 is 1. The Bertz CT molecular complexity index is 533. The molecular formula is C15H17NO3. The van der Waals surface area contributed by atoms with Crippen molar-refractivity contribution < 1.29 is 14.6 Å². The van der Waals surface area contributed by atoms with E-state index in [0.717, 1.165) is 23.4 Å². The SMILES string of the molecule is CCc1cc(CO)cc(Oc2cccc(OC)c2)n1. The average Bonchev–Trinajstić information content (AvgIpc) is 2.47. The molecule has 0 bridgehead atoms. The van der Waals surface area contributed by atoms with Gasteiger partial charge in [-0.25, -0.2) is 4.98 Å². The predicted octanol–water partition coefficient (Wildman–Crippen LogP) is 2.94. The van der Waals surface area contributed by atoms with Gasteiger partial charge in [-0.15, -0.1) is 0 Å². The minimum Gasteiger partial charge on any atom is -0.497 e. The monoisotopic (exact) mass is 259 g/mol. The van der Waals surface area contributed by atoms with E-state index in [0.29, 0.717) is 11.6 Å². The maximum absolute atomic E-state index is 9.23. The van der Waals surface area contributed by atoms with E-state index in [1.807, 2.05) is 31.2 Å². The molecule has 1 aromatic carbocycles. The smallest absolute Gasteiger partial charge is 0.219 e. The first-order valence-corrected chi connectivity index (χ1v) is 6.17. The topological polar surface area (TPSA) is 51.6 Å². The molecular weight excluding hydrogens is 242 g/mol. The second-order valence-electron chi connectivity index (χ2n) is 4.10. The minimum atomic E-state index is -0.0238. The summed E-state index contributed by atoms with van der Waals surface area (Å²) in [6.07, 6.45) is 0.794. The molecule has 4 heteroatoms. The maximum atomic E-state index is 9.23. The van der Waals surface area contributed by atoms with Crippen molar-refractivity contribution in [2.24, 2.45) is 0 Å². The zero-order chi connectivity index (χ0) is 13.7. The number of aliphatic hydroxyl groups excluding tert-OH is 1. The Morgan fingerprint density at radius 1 is 1.16 bits per heavy atom. The molecule has 0 atom stereocenters. The van der Waals surface area contributed by atoms with Crippen LogP contribution in [0.4, 0.5) is 0 Å². The van der Waals surface area contributed by atoms with E-state index in [1.54, 1.807) is 19.2 Å². The highest BCUT2D eigenvalue weighted by Gasteiger charge is 2.04. The number of hydrogen-bond acceptors (Lipinski definition) is 4. The number of benzene rings is 1. The molecule has 1 N–H and O–H groups in total. The first-order chi connectivity index (χ1) is 9.25. The predicted molar refractivity (Wildman–Crippen MR) is 72.6 cm³/mol. The van der Waals surface area contributed by atoms with Crippen molar-refractivity contribution in [1.82, 2.24) is 4.98 Å². The highest BCUT2D eigenvalue weighted by molar-refractivity contribution is 5.36. The van der Waals surface area contributed by atoms with Gasteiger partial charge >= 0.3 is 0 Å². The highest BCUT2D eigenvalue weighted by Crippen LogP contribution is 2.25. The Balaban J connectivity index is 2.26. The quantitative estimate of drug-likeness (QED) is 0.897. The Kier molecular flexibility index (Phi) is 4.36. The molecule has 2 aromatic rings. The van der Waals surface area contributed by atoms with Crippen LogP contribution in [0.3, 0.4) is 0 Å². The Hall–Kier alpha value is -2.07. The molecule has 0 radical (unpaired) electrons. The van der Waals surface area contributed by atoms with Crippen LogP contribution in [-0.4, -0.2) is 17.2 Å². The van der Waals surface area contributed by atoms with Gasteiger partial charge in [0.25, 0.3) is 0 Å². The van der Waals surface area contributed by atoms with Crippen molar-refractivity contribution in [1.29, 1.82) is 0 Å². The summed E-state index contributed by atoms with van der Waals surface area (Å²) in [5.41, 5.74) is 1.69. The fourth-order valence-electron chi connectivity index (χ4n) is 1.73. The van der Waals surface area contributed by atoms with Crippen LogP contribution in [0.2, 0.25) is 0 Å². The standard InChI is InChI=1S/C15H17NO3/c1-3-12-7-11(10-17)8-15(16-12)19-14-6-4-5-13(9-14)18-2/h4-9,17H,3,10H2,1-2H3. The minimum absolute atomic E-state index is 0.0238. The van der Waals surface area contributed by atoms with E-state index >= 15 is 0 Å². The lowest BCUT2D eigenvalue weighted by molar-refractivity contribution is 0.281. The number of rotatable bonds is 5. The van der Waals surface area contributed by atoms with Crippen molar-refractivity contribution >= 4 is 0 Å². The number of aryl methyl sites for hydroxylation is 1. The molecule has 0 unspecified atom stereocenters. The number of hydrogen-bond donors (Lipinski definition) is 1. The molecule has 2 rings (SSSR count). The van der Waals surface area contributed by atoms with Gasteiger partial charge in [-0.2, -0.15) is 0 Å². The lowest BCUT2D eigenvalue weighted by atomic mass is 10.2. The molecule has 0 spiro atoms. The van der Waals surface area contributed by atoms with Gasteiger partial charge in [-0.1, -0.05) is 13.0 Å². The molecule has 100 valence electrons. The van der Waals surface area contributed by atoms with E-state index in [4.69, 9.17) is 9.47 Å². The third-order valence-corrected chi connectivity index (χ3v) is 2.72. The van der Waals surface area contributed by atoms with E-state index in [1.165, 1.54) is 0 Å². The Labute approximate surface area is 112 Å². The largest absolute Gasteiger partial charge is 0.497 e. The first kappa shape index (κ1) is 13.4. The number of aliphatic hydroxyl groups is 1. The summed E-state index contributed by atoms with van der Waals surface area (Å²) < 4.78 is 10.8. The third kappa shape index (κ3) is 3.45. The van der Waals surface area contributed by atoms with Gasteiger partial charge in [0.05, 0.1) is 13.7 Å². The lowest BCUT2D eigenvalue weighted by Gasteiger charge is -2.09. The van der Waals surface area contributed by atoms with Crippen LogP contribution in [0.5, 0.6) is 17.4 Å². The normalized spacial score (nSPS) is 10.3. The summed E-state index contributed by atoms with van der Waals surface area (Å²) in [6, 6.07) is 10.9. The molecule has 0 aliphatic rings.